The van der Waals surface area contributed by atoms with E-state index in [0.29, 0.717) is 12.6 Å². The summed E-state index contributed by atoms with van der Waals surface area (Å²) in [7, 11) is 2.00. The van der Waals surface area contributed by atoms with Gasteiger partial charge in [0, 0.05) is 26.2 Å². The maximum absolute atomic E-state index is 4.79. The minimum Gasteiger partial charge on any atom is -0.356 e. The lowest BCUT2D eigenvalue weighted by Gasteiger charge is -2.24. The third-order valence-corrected chi connectivity index (χ3v) is 6.04. The fourth-order valence-corrected chi connectivity index (χ4v) is 3.96. The molecule has 2 N–H and O–H groups in total. The predicted molar refractivity (Wildman–Crippen MR) is 121 cm³/mol. The van der Waals surface area contributed by atoms with Crippen molar-refractivity contribution in [1.82, 2.24) is 30.3 Å². The van der Waals surface area contributed by atoms with Crippen LogP contribution < -0.4 is 10.6 Å². The molecule has 0 bridgehead atoms. The Bertz CT molecular complexity index is 596. The number of likely N-dealkylation sites (N-methyl/N-ethyl adjacent to an activating group) is 1. The van der Waals surface area contributed by atoms with Gasteiger partial charge < -0.3 is 15.2 Å². The van der Waals surface area contributed by atoms with Gasteiger partial charge in [-0.15, -0.1) is 10.2 Å². The van der Waals surface area contributed by atoms with E-state index in [4.69, 9.17) is 4.99 Å². The molecule has 1 fully saturated rings. The highest BCUT2D eigenvalue weighted by atomic mass is 15.3. The summed E-state index contributed by atoms with van der Waals surface area (Å²) in [5, 5.41) is 15.5. The lowest BCUT2D eigenvalue weighted by molar-refractivity contribution is 0.267. The number of hydrogen-bond acceptors (Lipinski definition) is 4. The molecule has 1 aliphatic heterocycles. The van der Waals surface area contributed by atoms with E-state index in [1.165, 1.54) is 64.3 Å². The topological polar surface area (TPSA) is 70.4 Å². The molecule has 2 rings (SSSR count). The highest BCUT2D eigenvalue weighted by Gasteiger charge is 2.22. The Hall–Kier alpha value is -1.63. The molecule has 1 aliphatic rings. The highest BCUT2D eigenvalue weighted by molar-refractivity contribution is 5.79. The summed E-state index contributed by atoms with van der Waals surface area (Å²) in [5.41, 5.74) is 0. The molecule has 0 spiro atoms. The van der Waals surface area contributed by atoms with E-state index in [1.54, 1.807) is 0 Å². The van der Waals surface area contributed by atoms with Gasteiger partial charge in [0.2, 0.25) is 0 Å². The molecule has 1 atom stereocenters. The van der Waals surface area contributed by atoms with Crippen molar-refractivity contribution in [2.24, 2.45) is 12.0 Å². The number of aryl methyl sites for hydroxylation is 1. The van der Waals surface area contributed by atoms with Gasteiger partial charge in [0.05, 0.1) is 0 Å². The van der Waals surface area contributed by atoms with Crippen LogP contribution in [0.1, 0.15) is 83.3 Å². The molecule has 7 nitrogen and oxygen atoms in total. The smallest absolute Gasteiger partial charge is 0.191 e. The van der Waals surface area contributed by atoms with Crippen molar-refractivity contribution in [3.63, 3.8) is 0 Å². The lowest BCUT2D eigenvalue weighted by Crippen LogP contribution is -2.45. The van der Waals surface area contributed by atoms with E-state index >= 15 is 0 Å². The highest BCUT2D eigenvalue weighted by Crippen LogP contribution is 2.15. The van der Waals surface area contributed by atoms with Crippen LogP contribution >= 0.6 is 0 Å². The molecule has 1 unspecified atom stereocenters. The predicted octanol–water partition coefficient (Wildman–Crippen LogP) is 3.39. The van der Waals surface area contributed by atoms with Crippen molar-refractivity contribution in [1.29, 1.82) is 0 Å². The molecule has 29 heavy (non-hydrogen) atoms. The van der Waals surface area contributed by atoms with Gasteiger partial charge in [-0.2, -0.15) is 0 Å². The summed E-state index contributed by atoms with van der Waals surface area (Å²) in [4.78, 5) is 7.35. The Morgan fingerprint density at radius 2 is 1.83 bits per heavy atom. The van der Waals surface area contributed by atoms with Crippen LogP contribution in [0.2, 0.25) is 0 Å². The molecule has 0 aromatic carbocycles. The standard InChI is InChI=1S/C22H43N7/c1-5-7-8-9-10-11-12-15-23-22(24-17-20-14-13-16-29(20)6-2)25-18-21-27-26-19(3)28(21)4/h20H,5-18H2,1-4H3,(H2,23,24,25). The largest absolute Gasteiger partial charge is 0.356 e. The van der Waals surface area contributed by atoms with E-state index in [9.17, 15) is 0 Å². The Morgan fingerprint density at radius 1 is 1.07 bits per heavy atom. The molecule has 1 aromatic heterocycles. The van der Waals surface area contributed by atoms with Crippen LogP contribution in [0.5, 0.6) is 0 Å². The van der Waals surface area contributed by atoms with Crippen molar-refractivity contribution in [3.05, 3.63) is 11.6 Å². The summed E-state index contributed by atoms with van der Waals surface area (Å²) < 4.78 is 2.01. The Balaban J connectivity index is 1.80. The van der Waals surface area contributed by atoms with E-state index in [0.717, 1.165) is 37.2 Å². The SMILES string of the molecule is CCCCCCCCCNC(=NCc1nnc(C)n1C)NCC1CCCN1CC. The molecular formula is C22H43N7. The van der Waals surface area contributed by atoms with Gasteiger partial charge >= 0.3 is 0 Å². The van der Waals surface area contributed by atoms with Gasteiger partial charge in [0.1, 0.15) is 12.4 Å². The number of rotatable bonds is 13. The first kappa shape index (κ1) is 23.6. The van der Waals surface area contributed by atoms with Gasteiger partial charge in [-0.3, -0.25) is 4.90 Å². The van der Waals surface area contributed by atoms with Crippen molar-refractivity contribution in [2.45, 2.75) is 91.1 Å². The average Bonchev–Trinajstić information content (AvgIpc) is 3.32. The molecule has 0 saturated carbocycles. The molecule has 2 heterocycles. The second-order valence-corrected chi connectivity index (χ2v) is 8.24. The fraction of sp³-hybridized carbons (Fsp3) is 0.864. The van der Waals surface area contributed by atoms with Gasteiger partial charge in [-0.05, 0) is 39.3 Å². The van der Waals surface area contributed by atoms with Crippen LogP contribution in [0.3, 0.4) is 0 Å². The van der Waals surface area contributed by atoms with Gasteiger partial charge in [-0.1, -0.05) is 52.4 Å². The van der Waals surface area contributed by atoms with Crippen molar-refractivity contribution < 1.29 is 0 Å². The summed E-state index contributed by atoms with van der Waals surface area (Å²) >= 11 is 0. The average molecular weight is 406 g/mol. The van der Waals surface area contributed by atoms with E-state index in [-0.39, 0.29) is 0 Å². The number of unbranched alkanes of at least 4 members (excludes halogenated alkanes) is 6. The zero-order valence-corrected chi connectivity index (χ0v) is 19.2. The third-order valence-electron chi connectivity index (χ3n) is 6.04. The van der Waals surface area contributed by atoms with E-state index in [1.807, 2.05) is 18.5 Å². The van der Waals surface area contributed by atoms with E-state index in [2.05, 4.69) is 39.6 Å². The molecule has 166 valence electrons. The Labute approximate surface area is 177 Å². The first-order chi connectivity index (χ1) is 14.2. The second kappa shape index (κ2) is 13.6. The van der Waals surface area contributed by atoms with Crippen molar-refractivity contribution in [3.8, 4) is 0 Å². The monoisotopic (exact) mass is 405 g/mol. The van der Waals surface area contributed by atoms with Gasteiger partial charge in [-0.25, -0.2) is 4.99 Å². The number of hydrogen-bond donors (Lipinski definition) is 2. The summed E-state index contributed by atoms with van der Waals surface area (Å²) in [5.74, 6) is 2.72. The van der Waals surface area contributed by atoms with Crippen LogP contribution in [0, 0.1) is 6.92 Å². The minimum absolute atomic E-state index is 0.547. The van der Waals surface area contributed by atoms with Crippen LogP contribution in [0.25, 0.3) is 0 Å². The van der Waals surface area contributed by atoms with Crippen LogP contribution in [-0.4, -0.2) is 57.8 Å². The number of nitrogens with one attached hydrogen (secondary N) is 2. The number of likely N-dealkylation sites (tertiary alicyclic amines) is 1. The van der Waals surface area contributed by atoms with E-state index < -0.39 is 0 Å². The first-order valence-electron chi connectivity index (χ1n) is 11.8. The van der Waals surface area contributed by atoms with Gasteiger partial charge in [0.25, 0.3) is 0 Å². The number of nitrogens with zero attached hydrogens (tertiary/aromatic N) is 5. The zero-order chi connectivity index (χ0) is 20.9. The molecular weight excluding hydrogens is 362 g/mol. The Kier molecular flexibility index (Phi) is 11.1. The third kappa shape index (κ3) is 8.33. The quantitative estimate of drug-likeness (QED) is 0.299. The molecule has 1 aromatic rings. The Morgan fingerprint density at radius 3 is 2.52 bits per heavy atom. The van der Waals surface area contributed by atoms with Crippen LogP contribution in [0.15, 0.2) is 4.99 Å². The lowest BCUT2D eigenvalue weighted by atomic mass is 10.1. The van der Waals surface area contributed by atoms with Crippen LogP contribution in [-0.2, 0) is 13.6 Å². The summed E-state index contributed by atoms with van der Waals surface area (Å²) in [6.45, 7) is 11.3. The first-order valence-corrected chi connectivity index (χ1v) is 11.8. The molecule has 0 aliphatic carbocycles. The van der Waals surface area contributed by atoms with Crippen molar-refractivity contribution in [2.75, 3.05) is 26.2 Å². The number of aliphatic imine (C=N–C) groups is 1. The summed E-state index contributed by atoms with van der Waals surface area (Å²) in [6.07, 6.45) is 11.8. The molecule has 7 heteroatoms. The molecule has 0 amide bonds. The zero-order valence-electron chi connectivity index (χ0n) is 19.2. The van der Waals surface area contributed by atoms with Gasteiger partial charge in [0.15, 0.2) is 11.8 Å². The maximum atomic E-state index is 4.79. The number of guanidine groups is 1. The maximum Gasteiger partial charge on any atom is 0.191 e. The normalized spacial score (nSPS) is 17.8. The number of aromatic nitrogens is 3. The summed E-state index contributed by atoms with van der Waals surface area (Å²) in [6, 6.07) is 0.614. The van der Waals surface area contributed by atoms with Crippen LogP contribution in [0.4, 0.5) is 0 Å². The fourth-order valence-electron chi connectivity index (χ4n) is 3.96. The minimum atomic E-state index is 0.547. The molecule has 1 saturated heterocycles. The van der Waals surface area contributed by atoms with Crippen molar-refractivity contribution >= 4 is 5.96 Å². The molecule has 0 radical (unpaired) electrons. The second-order valence-electron chi connectivity index (χ2n) is 8.24.